The largest absolute Gasteiger partial charge is 0.507 e. The summed E-state index contributed by atoms with van der Waals surface area (Å²) >= 11 is 0. The van der Waals surface area contributed by atoms with E-state index in [1.165, 1.54) is 39.4 Å². The third-order valence-electron chi connectivity index (χ3n) is 7.93. The van der Waals surface area contributed by atoms with Crippen LogP contribution in [-0.4, -0.2) is 16.2 Å². The summed E-state index contributed by atoms with van der Waals surface area (Å²) in [5.74, 6) is -1.39. The number of aromatic carboxylic acids is 1. The normalized spacial score (nSPS) is 13.6. The fraction of sp³-hybridized carbons (Fsp3) is 0.367. The van der Waals surface area contributed by atoms with Crippen LogP contribution in [0.5, 0.6) is 5.75 Å². The van der Waals surface area contributed by atoms with Crippen molar-refractivity contribution in [3.05, 3.63) is 88.0 Å². The van der Waals surface area contributed by atoms with Gasteiger partial charge in [-0.25, -0.2) is 4.79 Å². The van der Waals surface area contributed by atoms with Crippen LogP contribution < -0.4 is 0 Å². The average Bonchev–Trinajstić information content (AvgIpc) is 3.12. The second-order valence-corrected chi connectivity index (χ2v) is 10.6. The first-order valence-electron chi connectivity index (χ1n) is 11.9. The minimum atomic E-state index is -1.12. The second kappa shape index (κ2) is 8.06. The molecule has 1 aliphatic rings. The predicted octanol–water partition coefficient (Wildman–Crippen LogP) is 7.63. The van der Waals surface area contributed by atoms with Gasteiger partial charge < -0.3 is 10.2 Å². The zero-order valence-electron chi connectivity index (χ0n) is 20.5. The highest BCUT2D eigenvalue weighted by Gasteiger charge is 2.34. The summed E-state index contributed by atoms with van der Waals surface area (Å²) in [5, 5.41) is 19.8. The standard InChI is InChI=1S/C30H34O3/c1-7-29(3,4)19-10-12-21-22-13-11-20(30(5,6)8-2)17-24(22)27(23(21)16-19)18-9-14-26(31)25(15-18)28(32)33/h9-17,27,31H,7-8H2,1-6H3,(H,32,33). The number of carbonyl (C=O) groups is 1. The molecule has 33 heavy (non-hydrogen) atoms. The molecule has 3 nitrogen and oxygen atoms in total. The summed E-state index contributed by atoms with van der Waals surface area (Å²) in [5.41, 5.74) is 8.32. The van der Waals surface area contributed by atoms with Crippen LogP contribution >= 0.6 is 0 Å². The molecule has 0 fully saturated rings. The van der Waals surface area contributed by atoms with Crippen LogP contribution in [0.3, 0.4) is 0 Å². The molecule has 3 aromatic carbocycles. The molecule has 0 bridgehead atoms. The Bertz CT molecular complexity index is 1170. The van der Waals surface area contributed by atoms with Crippen molar-refractivity contribution in [2.45, 2.75) is 71.1 Å². The number of benzene rings is 3. The molecule has 3 heteroatoms. The van der Waals surface area contributed by atoms with Crippen LogP contribution in [0.2, 0.25) is 0 Å². The fourth-order valence-electron chi connectivity index (χ4n) is 4.78. The zero-order valence-corrected chi connectivity index (χ0v) is 20.5. The van der Waals surface area contributed by atoms with Crippen molar-refractivity contribution in [3.63, 3.8) is 0 Å². The molecule has 4 rings (SSSR count). The lowest BCUT2D eigenvalue weighted by Crippen LogP contribution is -2.16. The quantitative estimate of drug-likeness (QED) is 0.323. The van der Waals surface area contributed by atoms with Gasteiger partial charge in [-0.1, -0.05) is 84.0 Å². The van der Waals surface area contributed by atoms with E-state index in [0.29, 0.717) is 0 Å². The van der Waals surface area contributed by atoms with Crippen LogP contribution in [0.1, 0.15) is 98.5 Å². The maximum absolute atomic E-state index is 11.8. The second-order valence-electron chi connectivity index (χ2n) is 10.6. The van der Waals surface area contributed by atoms with Crippen LogP contribution in [-0.2, 0) is 10.8 Å². The van der Waals surface area contributed by atoms with Gasteiger partial charge in [0.15, 0.2) is 0 Å². The monoisotopic (exact) mass is 442 g/mol. The molecule has 172 valence electrons. The topological polar surface area (TPSA) is 57.5 Å². The minimum Gasteiger partial charge on any atom is -0.507 e. The average molecular weight is 443 g/mol. The number of hydrogen-bond acceptors (Lipinski definition) is 2. The molecule has 0 amide bonds. The Hall–Kier alpha value is -3.07. The van der Waals surface area contributed by atoms with E-state index in [0.717, 1.165) is 18.4 Å². The molecular weight excluding hydrogens is 408 g/mol. The van der Waals surface area contributed by atoms with Crippen molar-refractivity contribution in [1.82, 2.24) is 0 Å². The first-order chi connectivity index (χ1) is 15.5. The number of carboxylic acid groups (broad SMARTS) is 1. The van der Waals surface area contributed by atoms with Gasteiger partial charge in [-0.3, -0.25) is 0 Å². The summed E-state index contributed by atoms with van der Waals surface area (Å²) in [6.07, 6.45) is 2.06. The Kier molecular flexibility index (Phi) is 5.64. The molecule has 0 aliphatic heterocycles. The Morgan fingerprint density at radius 2 is 1.27 bits per heavy atom. The number of hydrogen-bond donors (Lipinski definition) is 2. The molecule has 0 atom stereocenters. The maximum Gasteiger partial charge on any atom is 0.339 e. The van der Waals surface area contributed by atoms with Crippen LogP contribution in [0.15, 0.2) is 54.6 Å². The van der Waals surface area contributed by atoms with Gasteiger partial charge >= 0.3 is 5.97 Å². The van der Waals surface area contributed by atoms with E-state index in [4.69, 9.17) is 0 Å². The Morgan fingerprint density at radius 3 is 1.70 bits per heavy atom. The first kappa shape index (κ1) is 23.1. The van der Waals surface area contributed by atoms with E-state index in [1.54, 1.807) is 6.07 Å². The Balaban J connectivity index is 1.99. The Labute approximate surface area is 197 Å². The Morgan fingerprint density at radius 1 is 0.788 bits per heavy atom. The third kappa shape index (κ3) is 3.84. The van der Waals surface area contributed by atoms with Crippen LogP contribution in [0.4, 0.5) is 0 Å². The van der Waals surface area contributed by atoms with Gasteiger partial charge in [-0.2, -0.15) is 0 Å². The predicted molar refractivity (Wildman–Crippen MR) is 135 cm³/mol. The number of rotatable bonds is 6. The molecule has 0 saturated heterocycles. The summed E-state index contributed by atoms with van der Waals surface area (Å²) < 4.78 is 0. The molecule has 0 unspecified atom stereocenters. The number of carboxylic acids is 1. The highest BCUT2D eigenvalue weighted by Crippen LogP contribution is 2.50. The molecule has 0 heterocycles. The van der Waals surface area contributed by atoms with E-state index in [9.17, 15) is 15.0 Å². The number of phenols is 1. The fourth-order valence-corrected chi connectivity index (χ4v) is 4.78. The van der Waals surface area contributed by atoms with E-state index < -0.39 is 5.97 Å². The molecular formula is C30H34O3. The molecule has 2 N–H and O–H groups in total. The molecule has 1 aliphatic carbocycles. The smallest absolute Gasteiger partial charge is 0.339 e. The van der Waals surface area contributed by atoms with Crippen molar-refractivity contribution < 1.29 is 15.0 Å². The van der Waals surface area contributed by atoms with Crippen molar-refractivity contribution in [3.8, 4) is 16.9 Å². The summed E-state index contributed by atoms with van der Waals surface area (Å²) in [7, 11) is 0. The van der Waals surface area contributed by atoms with Crippen LogP contribution in [0, 0.1) is 0 Å². The van der Waals surface area contributed by atoms with Gasteiger partial charge in [-0.05, 0) is 74.7 Å². The van der Waals surface area contributed by atoms with E-state index >= 15 is 0 Å². The van der Waals surface area contributed by atoms with Crippen molar-refractivity contribution in [2.75, 3.05) is 0 Å². The van der Waals surface area contributed by atoms with Crippen molar-refractivity contribution in [1.29, 1.82) is 0 Å². The van der Waals surface area contributed by atoms with E-state index in [-0.39, 0.29) is 28.1 Å². The van der Waals surface area contributed by atoms with Gasteiger partial charge in [0, 0.05) is 5.92 Å². The van der Waals surface area contributed by atoms with Crippen molar-refractivity contribution in [2.24, 2.45) is 0 Å². The molecule has 0 aromatic heterocycles. The number of aromatic hydroxyl groups is 1. The SMILES string of the molecule is CCC(C)(C)c1ccc2c(c1)C(c1ccc(O)c(C(=O)O)c1)c1cc(C(C)(C)CC)ccc1-2. The van der Waals surface area contributed by atoms with Crippen LogP contribution in [0.25, 0.3) is 11.1 Å². The zero-order chi connectivity index (χ0) is 24.1. The number of fused-ring (bicyclic) bond motifs is 3. The van der Waals surface area contributed by atoms with E-state index in [2.05, 4.69) is 77.9 Å². The van der Waals surface area contributed by atoms with Gasteiger partial charge in [0.25, 0.3) is 0 Å². The minimum absolute atomic E-state index is 0.0465. The maximum atomic E-state index is 11.8. The van der Waals surface area contributed by atoms with Crippen molar-refractivity contribution >= 4 is 5.97 Å². The third-order valence-corrected chi connectivity index (χ3v) is 7.93. The molecule has 0 radical (unpaired) electrons. The lowest BCUT2D eigenvalue weighted by Gasteiger charge is -2.26. The first-order valence-corrected chi connectivity index (χ1v) is 11.9. The highest BCUT2D eigenvalue weighted by molar-refractivity contribution is 5.91. The van der Waals surface area contributed by atoms with Gasteiger partial charge in [0.1, 0.15) is 11.3 Å². The van der Waals surface area contributed by atoms with E-state index in [1.807, 2.05) is 6.07 Å². The molecule has 3 aromatic rings. The lowest BCUT2D eigenvalue weighted by molar-refractivity contribution is 0.0693. The molecule has 0 spiro atoms. The lowest BCUT2D eigenvalue weighted by atomic mass is 9.78. The van der Waals surface area contributed by atoms with Gasteiger partial charge in [0.05, 0.1) is 0 Å². The molecule has 0 saturated carbocycles. The summed E-state index contributed by atoms with van der Waals surface area (Å²) in [6.45, 7) is 13.5. The highest BCUT2D eigenvalue weighted by atomic mass is 16.4. The summed E-state index contributed by atoms with van der Waals surface area (Å²) in [4.78, 5) is 11.8. The van der Waals surface area contributed by atoms with Gasteiger partial charge in [0.2, 0.25) is 0 Å². The van der Waals surface area contributed by atoms with Gasteiger partial charge in [-0.15, -0.1) is 0 Å². The summed E-state index contributed by atoms with van der Waals surface area (Å²) in [6, 6.07) is 18.5.